The lowest BCUT2D eigenvalue weighted by Crippen LogP contribution is -2.49. The molecule has 1 aliphatic heterocycles. The van der Waals surface area contributed by atoms with Crippen LogP contribution in [0.25, 0.3) is 0 Å². The summed E-state index contributed by atoms with van der Waals surface area (Å²) in [5.41, 5.74) is 7.30. The van der Waals surface area contributed by atoms with Crippen molar-refractivity contribution in [3.63, 3.8) is 0 Å². The number of rotatable bonds is 6. The third-order valence-corrected chi connectivity index (χ3v) is 6.68. The highest BCUT2D eigenvalue weighted by molar-refractivity contribution is 5.82. The van der Waals surface area contributed by atoms with E-state index in [4.69, 9.17) is 15.6 Å². The van der Waals surface area contributed by atoms with Crippen molar-refractivity contribution >= 4 is 17.9 Å². The first-order valence-corrected chi connectivity index (χ1v) is 11.9. The van der Waals surface area contributed by atoms with E-state index in [1.54, 1.807) is 4.90 Å². The number of nitrogens with one attached hydrogen (secondary N) is 2. The summed E-state index contributed by atoms with van der Waals surface area (Å²) in [5.74, 6) is -2.48. The van der Waals surface area contributed by atoms with E-state index in [0.717, 1.165) is 31.2 Å². The van der Waals surface area contributed by atoms with E-state index in [-0.39, 0.29) is 30.4 Å². The fourth-order valence-electron chi connectivity index (χ4n) is 4.45. The number of benzene rings is 1. The minimum atomic E-state index is -5.08. The van der Waals surface area contributed by atoms with Crippen molar-refractivity contribution in [3.05, 3.63) is 35.9 Å². The molecule has 5 N–H and O–H groups in total. The lowest BCUT2D eigenvalue weighted by Gasteiger charge is -2.35. The molecular formula is C24H34F4N4O4. The number of nitrogens with zero attached hydrogens (tertiary/aromatic N) is 1. The number of carbonyl (C=O) groups is 3. The zero-order valence-corrected chi connectivity index (χ0v) is 20.1. The van der Waals surface area contributed by atoms with Gasteiger partial charge < -0.3 is 26.4 Å². The highest BCUT2D eigenvalue weighted by Crippen LogP contribution is 2.32. The molecule has 1 aromatic carbocycles. The van der Waals surface area contributed by atoms with E-state index < -0.39 is 24.4 Å². The van der Waals surface area contributed by atoms with E-state index in [2.05, 4.69) is 10.6 Å². The van der Waals surface area contributed by atoms with Gasteiger partial charge in [-0.05, 0) is 49.5 Å². The summed E-state index contributed by atoms with van der Waals surface area (Å²) in [6, 6.07) is 9.23. The van der Waals surface area contributed by atoms with E-state index >= 15 is 0 Å². The Morgan fingerprint density at radius 2 is 1.69 bits per heavy atom. The summed E-state index contributed by atoms with van der Waals surface area (Å²) in [6.45, 7) is 3.17. The molecule has 1 heterocycles. The average molecular weight is 519 g/mol. The second-order valence-corrected chi connectivity index (χ2v) is 9.28. The zero-order chi connectivity index (χ0) is 26.9. The predicted octanol–water partition coefficient (Wildman–Crippen LogP) is 3.21. The maximum absolute atomic E-state index is 13.4. The zero-order valence-electron chi connectivity index (χ0n) is 20.1. The Bertz CT molecular complexity index is 863. The highest BCUT2D eigenvalue weighted by Gasteiger charge is 2.38. The molecule has 0 aromatic heterocycles. The number of halogens is 4. The fourth-order valence-corrected chi connectivity index (χ4v) is 4.45. The molecular weight excluding hydrogens is 484 g/mol. The SMILES string of the molecule is C[C@@H](C1CCC(NC(=O)NCc2ccccc2)CC1)[C@H](N)C(=O)N1CC[C@H](F)C1.O=C(O)C(F)(F)F. The maximum atomic E-state index is 13.4. The van der Waals surface area contributed by atoms with Gasteiger partial charge in [-0.25, -0.2) is 14.0 Å². The molecule has 3 rings (SSSR count). The molecule has 1 aliphatic carbocycles. The summed E-state index contributed by atoms with van der Waals surface area (Å²) >= 11 is 0. The van der Waals surface area contributed by atoms with Crippen LogP contribution in [0.4, 0.5) is 22.4 Å². The number of alkyl halides is 4. The van der Waals surface area contributed by atoms with Crippen LogP contribution in [0, 0.1) is 11.8 Å². The molecule has 36 heavy (non-hydrogen) atoms. The number of hydrogen-bond donors (Lipinski definition) is 4. The smallest absolute Gasteiger partial charge is 0.475 e. The number of urea groups is 1. The van der Waals surface area contributed by atoms with Crippen LogP contribution in [0.3, 0.4) is 0 Å². The predicted molar refractivity (Wildman–Crippen MR) is 124 cm³/mol. The number of aliphatic carboxylic acids is 1. The quantitative estimate of drug-likeness (QED) is 0.431. The standard InChI is InChI=1S/C22H33FN4O2.C2HF3O2/c1-15(20(24)21(28)27-12-11-18(23)14-27)17-7-9-19(10-8-17)26-22(29)25-13-16-5-3-2-4-6-16;3-2(4,5)1(6)7/h2-6,15,17-20H,7-14,24H2,1H3,(H2,25,26,29);(H,6,7)/t15-,17?,18-,19?,20-;/m0./s1. The number of likely N-dealkylation sites (tertiary alicyclic amines) is 1. The topological polar surface area (TPSA) is 125 Å². The molecule has 2 aliphatic rings. The summed E-state index contributed by atoms with van der Waals surface area (Å²) in [4.78, 5) is 35.2. The van der Waals surface area contributed by atoms with Gasteiger partial charge in [-0.2, -0.15) is 13.2 Å². The van der Waals surface area contributed by atoms with Crippen molar-refractivity contribution in [1.29, 1.82) is 0 Å². The number of carbonyl (C=O) groups excluding carboxylic acids is 2. The molecule has 0 unspecified atom stereocenters. The molecule has 0 spiro atoms. The molecule has 1 saturated heterocycles. The van der Waals surface area contributed by atoms with Crippen LogP contribution in [0.2, 0.25) is 0 Å². The largest absolute Gasteiger partial charge is 0.490 e. The Hall–Kier alpha value is -2.89. The van der Waals surface area contributed by atoms with Gasteiger partial charge in [-0.1, -0.05) is 37.3 Å². The van der Waals surface area contributed by atoms with Crippen LogP contribution in [0.1, 0.15) is 44.6 Å². The van der Waals surface area contributed by atoms with Crippen molar-refractivity contribution < 1.29 is 37.1 Å². The summed E-state index contributed by atoms with van der Waals surface area (Å²) < 4.78 is 45.1. The van der Waals surface area contributed by atoms with Gasteiger partial charge in [-0.3, -0.25) is 4.79 Å². The monoisotopic (exact) mass is 518 g/mol. The summed E-state index contributed by atoms with van der Waals surface area (Å²) in [7, 11) is 0. The number of hydrogen-bond acceptors (Lipinski definition) is 4. The number of carboxylic acids is 1. The number of nitrogens with two attached hydrogens (primary N) is 1. The molecule has 0 radical (unpaired) electrons. The van der Waals surface area contributed by atoms with Crippen LogP contribution < -0.4 is 16.4 Å². The Morgan fingerprint density at radius 3 is 2.19 bits per heavy atom. The Kier molecular flexibility index (Phi) is 10.9. The molecule has 2 fully saturated rings. The average Bonchev–Trinajstić information content (AvgIpc) is 3.28. The van der Waals surface area contributed by atoms with E-state index in [9.17, 15) is 27.2 Å². The van der Waals surface area contributed by atoms with Crippen LogP contribution in [-0.4, -0.2) is 65.4 Å². The van der Waals surface area contributed by atoms with Gasteiger partial charge in [0.05, 0.1) is 12.6 Å². The minimum absolute atomic E-state index is 0.0500. The molecule has 12 heteroatoms. The molecule has 0 bridgehead atoms. The van der Waals surface area contributed by atoms with Crippen molar-refractivity contribution in [1.82, 2.24) is 15.5 Å². The molecule has 3 amide bonds. The van der Waals surface area contributed by atoms with Gasteiger partial charge in [0.2, 0.25) is 5.91 Å². The molecule has 8 nitrogen and oxygen atoms in total. The van der Waals surface area contributed by atoms with E-state index in [1.807, 2.05) is 37.3 Å². The first-order chi connectivity index (χ1) is 16.9. The Morgan fingerprint density at radius 1 is 1.11 bits per heavy atom. The second-order valence-electron chi connectivity index (χ2n) is 9.28. The Labute approximate surface area is 207 Å². The lowest BCUT2D eigenvalue weighted by atomic mass is 9.76. The van der Waals surface area contributed by atoms with Crippen molar-refractivity contribution in [2.24, 2.45) is 17.6 Å². The van der Waals surface area contributed by atoms with Gasteiger partial charge in [0.15, 0.2) is 0 Å². The van der Waals surface area contributed by atoms with E-state index in [1.165, 1.54) is 0 Å². The van der Waals surface area contributed by atoms with Crippen LogP contribution in [0.15, 0.2) is 30.3 Å². The van der Waals surface area contributed by atoms with Crippen LogP contribution >= 0.6 is 0 Å². The van der Waals surface area contributed by atoms with Gasteiger partial charge in [0, 0.05) is 19.1 Å². The van der Waals surface area contributed by atoms with Gasteiger partial charge >= 0.3 is 18.2 Å². The minimum Gasteiger partial charge on any atom is -0.475 e. The molecule has 3 atom stereocenters. The third-order valence-electron chi connectivity index (χ3n) is 6.68. The van der Waals surface area contributed by atoms with Crippen molar-refractivity contribution in [3.8, 4) is 0 Å². The second kappa shape index (κ2) is 13.4. The van der Waals surface area contributed by atoms with E-state index in [0.29, 0.717) is 25.4 Å². The van der Waals surface area contributed by atoms with Gasteiger partial charge in [-0.15, -0.1) is 0 Å². The van der Waals surface area contributed by atoms with Crippen molar-refractivity contribution in [2.75, 3.05) is 13.1 Å². The highest BCUT2D eigenvalue weighted by atomic mass is 19.4. The first kappa shape index (κ1) is 29.3. The number of carboxylic acid groups (broad SMARTS) is 1. The van der Waals surface area contributed by atoms with Gasteiger partial charge in [0.25, 0.3) is 0 Å². The molecule has 202 valence electrons. The third kappa shape index (κ3) is 9.29. The molecule has 1 saturated carbocycles. The molecule has 1 aromatic rings. The summed E-state index contributed by atoms with van der Waals surface area (Å²) in [5, 5.41) is 13.1. The Balaban J connectivity index is 0.000000572. The van der Waals surface area contributed by atoms with Crippen LogP contribution in [-0.2, 0) is 16.1 Å². The lowest BCUT2D eigenvalue weighted by molar-refractivity contribution is -0.192. The van der Waals surface area contributed by atoms with Crippen LogP contribution in [0.5, 0.6) is 0 Å². The first-order valence-electron chi connectivity index (χ1n) is 11.9. The maximum Gasteiger partial charge on any atom is 0.490 e. The van der Waals surface area contributed by atoms with Crippen molar-refractivity contribution in [2.45, 2.75) is 70.0 Å². The summed E-state index contributed by atoms with van der Waals surface area (Å²) in [6.07, 6.45) is -1.98. The number of amides is 3. The van der Waals surface area contributed by atoms with Gasteiger partial charge in [0.1, 0.15) is 6.17 Å². The normalized spacial score (nSPS) is 23.6. The fraction of sp³-hybridized carbons (Fsp3) is 0.625.